The first kappa shape index (κ1) is 15.3. The third-order valence-electron chi connectivity index (χ3n) is 3.03. The van der Waals surface area contributed by atoms with Crippen molar-refractivity contribution in [3.8, 4) is 5.75 Å². The standard InChI is InChI=1S/C13H16ClFN2O2S/c1-19-12-7-11-10(6-9(12)15)16-13(8-14)17(11)4-3-5-20(2)18/h6-7H,3-5,8H2,1-2H3. The van der Waals surface area contributed by atoms with Gasteiger partial charge in [0.15, 0.2) is 11.6 Å². The zero-order valence-electron chi connectivity index (χ0n) is 11.4. The van der Waals surface area contributed by atoms with E-state index in [9.17, 15) is 8.60 Å². The average Bonchev–Trinajstić information content (AvgIpc) is 2.74. The van der Waals surface area contributed by atoms with E-state index in [1.807, 2.05) is 4.57 Å². The second-order valence-electron chi connectivity index (χ2n) is 4.42. The Labute approximate surface area is 124 Å². The molecule has 0 amide bonds. The summed E-state index contributed by atoms with van der Waals surface area (Å²) in [5.74, 6) is 1.27. The fourth-order valence-electron chi connectivity index (χ4n) is 2.11. The molecule has 0 N–H and O–H groups in total. The maximum atomic E-state index is 13.7. The molecule has 1 aromatic heterocycles. The summed E-state index contributed by atoms with van der Waals surface area (Å²) in [7, 11) is 0.594. The quantitative estimate of drug-likeness (QED) is 0.769. The van der Waals surface area contributed by atoms with Crippen molar-refractivity contribution in [3.63, 3.8) is 0 Å². The second-order valence-corrected chi connectivity index (χ2v) is 6.24. The maximum absolute atomic E-state index is 13.7. The number of alkyl halides is 1. The number of nitrogens with zero attached hydrogens (tertiary/aromatic N) is 2. The molecular weight excluding hydrogens is 303 g/mol. The van der Waals surface area contributed by atoms with Crippen LogP contribution in [-0.4, -0.2) is 32.9 Å². The molecule has 0 aliphatic carbocycles. The average molecular weight is 319 g/mol. The number of methoxy groups -OCH3 is 1. The van der Waals surface area contributed by atoms with Crippen molar-refractivity contribution >= 4 is 33.4 Å². The Morgan fingerprint density at radius 1 is 1.50 bits per heavy atom. The van der Waals surface area contributed by atoms with Crippen LogP contribution < -0.4 is 4.74 Å². The van der Waals surface area contributed by atoms with E-state index in [-0.39, 0.29) is 11.6 Å². The number of rotatable bonds is 6. The zero-order valence-corrected chi connectivity index (χ0v) is 12.9. The molecule has 0 spiro atoms. The van der Waals surface area contributed by atoms with E-state index < -0.39 is 16.6 Å². The molecule has 4 nitrogen and oxygen atoms in total. The first-order valence-corrected chi connectivity index (χ1v) is 8.41. The third-order valence-corrected chi connectivity index (χ3v) is 4.14. The van der Waals surface area contributed by atoms with Crippen LogP contribution in [-0.2, 0) is 23.2 Å². The van der Waals surface area contributed by atoms with Gasteiger partial charge in [-0.2, -0.15) is 0 Å². The highest BCUT2D eigenvalue weighted by Gasteiger charge is 2.14. The molecule has 7 heteroatoms. The van der Waals surface area contributed by atoms with Gasteiger partial charge in [-0.3, -0.25) is 4.21 Å². The molecule has 0 radical (unpaired) electrons. The molecule has 2 rings (SSSR count). The van der Waals surface area contributed by atoms with Crippen molar-refractivity contribution in [3.05, 3.63) is 23.8 Å². The van der Waals surface area contributed by atoms with Gasteiger partial charge in [-0.15, -0.1) is 11.6 Å². The summed E-state index contributed by atoms with van der Waals surface area (Å²) in [4.78, 5) is 4.32. The lowest BCUT2D eigenvalue weighted by atomic mass is 10.3. The molecule has 2 aromatic rings. The summed E-state index contributed by atoms with van der Waals surface area (Å²) in [5.41, 5.74) is 1.33. The molecule has 1 atom stereocenters. The van der Waals surface area contributed by atoms with Crippen LogP contribution in [0.25, 0.3) is 11.0 Å². The van der Waals surface area contributed by atoms with Gasteiger partial charge in [0.05, 0.1) is 24.0 Å². The van der Waals surface area contributed by atoms with Gasteiger partial charge in [0.2, 0.25) is 0 Å². The fourth-order valence-corrected chi connectivity index (χ4v) is 2.85. The van der Waals surface area contributed by atoms with Crippen molar-refractivity contribution in [2.75, 3.05) is 19.1 Å². The Kier molecular flexibility index (Phi) is 4.99. The van der Waals surface area contributed by atoms with E-state index in [1.54, 1.807) is 12.3 Å². The molecule has 110 valence electrons. The molecule has 1 aromatic carbocycles. The fraction of sp³-hybridized carbons (Fsp3) is 0.462. The summed E-state index contributed by atoms with van der Waals surface area (Å²) < 4.78 is 31.7. The molecule has 1 heterocycles. The SMILES string of the molecule is COc1cc2c(cc1F)nc(CCl)n2CCCS(C)=O. The van der Waals surface area contributed by atoms with Crippen LogP contribution in [0.15, 0.2) is 12.1 Å². The third kappa shape index (κ3) is 3.12. The largest absolute Gasteiger partial charge is 0.494 e. The summed E-state index contributed by atoms with van der Waals surface area (Å²) >= 11 is 5.89. The van der Waals surface area contributed by atoms with E-state index in [2.05, 4.69) is 4.98 Å². The zero-order chi connectivity index (χ0) is 14.7. The first-order chi connectivity index (χ1) is 9.56. The van der Waals surface area contributed by atoms with E-state index in [0.717, 1.165) is 11.9 Å². The molecule has 0 fully saturated rings. The van der Waals surface area contributed by atoms with Gasteiger partial charge in [-0.05, 0) is 6.42 Å². The number of hydrogen-bond acceptors (Lipinski definition) is 3. The molecule has 0 saturated carbocycles. The van der Waals surface area contributed by atoms with E-state index in [0.29, 0.717) is 23.6 Å². The minimum atomic E-state index is -0.830. The Balaban J connectivity index is 2.41. The minimum absolute atomic E-state index is 0.179. The smallest absolute Gasteiger partial charge is 0.167 e. The number of fused-ring (bicyclic) bond motifs is 1. The molecule has 20 heavy (non-hydrogen) atoms. The van der Waals surface area contributed by atoms with Crippen molar-refractivity contribution in [2.24, 2.45) is 0 Å². The highest BCUT2D eigenvalue weighted by atomic mass is 35.5. The Bertz CT molecular complexity index is 645. The minimum Gasteiger partial charge on any atom is -0.494 e. The monoisotopic (exact) mass is 318 g/mol. The van der Waals surface area contributed by atoms with Gasteiger partial charge in [0, 0.05) is 41.5 Å². The van der Waals surface area contributed by atoms with Gasteiger partial charge >= 0.3 is 0 Å². The lowest BCUT2D eigenvalue weighted by Crippen LogP contribution is -2.06. The first-order valence-electron chi connectivity index (χ1n) is 6.15. The van der Waals surface area contributed by atoms with Crippen LogP contribution in [0, 0.1) is 5.82 Å². The topological polar surface area (TPSA) is 44.1 Å². The van der Waals surface area contributed by atoms with Gasteiger partial charge in [0.1, 0.15) is 5.82 Å². The molecular formula is C13H16ClFN2O2S. The van der Waals surface area contributed by atoms with Crippen LogP contribution >= 0.6 is 11.6 Å². The summed E-state index contributed by atoms with van der Waals surface area (Å²) in [6.45, 7) is 0.646. The van der Waals surface area contributed by atoms with Crippen LogP contribution in [0.4, 0.5) is 4.39 Å². The van der Waals surface area contributed by atoms with Crippen LogP contribution in [0.2, 0.25) is 0 Å². The number of halogens is 2. The van der Waals surface area contributed by atoms with E-state index in [1.165, 1.54) is 13.2 Å². The lowest BCUT2D eigenvalue weighted by Gasteiger charge is -2.08. The summed E-state index contributed by atoms with van der Waals surface area (Å²) in [5, 5.41) is 0. The predicted molar refractivity (Wildman–Crippen MR) is 79.4 cm³/mol. The van der Waals surface area contributed by atoms with E-state index >= 15 is 0 Å². The van der Waals surface area contributed by atoms with Gasteiger partial charge in [-0.1, -0.05) is 0 Å². The number of ether oxygens (including phenoxy) is 1. The highest BCUT2D eigenvalue weighted by Crippen LogP contribution is 2.26. The molecule has 0 aliphatic heterocycles. The van der Waals surface area contributed by atoms with Crippen molar-refractivity contribution in [1.29, 1.82) is 0 Å². The summed E-state index contributed by atoms with van der Waals surface area (Å²) in [6.07, 6.45) is 2.42. The molecule has 0 saturated heterocycles. The van der Waals surface area contributed by atoms with Gasteiger partial charge < -0.3 is 9.30 Å². The predicted octanol–water partition coefficient (Wildman–Crippen LogP) is 2.69. The highest BCUT2D eigenvalue weighted by molar-refractivity contribution is 7.84. The van der Waals surface area contributed by atoms with Gasteiger partial charge in [-0.25, -0.2) is 9.37 Å². The number of hydrogen-bond donors (Lipinski definition) is 0. The van der Waals surface area contributed by atoms with Crippen molar-refractivity contribution in [2.45, 2.75) is 18.8 Å². The maximum Gasteiger partial charge on any atom is 0.167 e. The van der Waals surface area contributed by atoms with Crippen LogP contribution in [0.3, 0.4) is 0 Å². The Morgan fingerprint density at radius 2 is 2.25 bits per heavy atom. The van der Waals surface area contributed by atoms with E-state index in [4.69, 9.17) is 16.3 Å². The number of benzene rings is 1. The second kappa shape index (κ2) is 6.54. The van der Waals surface area contributed by atoms with Crippen molar-refractivity contribution in [1.82, 2.24) is 9.55 Å². The molecule has 0 bridgehead atoms. The van der Waals surface area contributed by atoms with Crippen molar-refractivity contribution < 1.29 is 13.3 Å². The molecule has 0 aliphatic rings. The summed E-state index contributed by atoms with van der Waals surface area (Å²) in [6, 6.07) is 2.97. The lowest BCUT2D eigenvalue weighted by molar-refractivity contribution is 0.387. The Hall–Kier alpha value is -1.14. The number of aromatic nitrogens is 2. The normalized spacial score (nSPS) is 12.8. The van der Waals surface area contributed by atoms with Crippen LogP contribution in [0.5, 0.6) is 5.75 Å². The number of imidazole rings is 1. The van der Waals surface area contributed by atoms with Gasteiger partial charge in [0.25, 0.3) is 0 Å². The number of aryl methyl sites for hydroxylation is 1. The van der Waals surface area contributed by atoms with Crippen LogP contribution in [0.1, 0.15) is 12.2 Å². The molecule has 1 unspecified atom stereocenters. The Morgan fingerprint density at radius 3 is 2.85 bits per heavy atom.